The highest BCUT2D eigenvalue weighted by atomic mass is 32.1. The number of aromatic nitrogens is 3. The van der Waals surface area contributed by atoms with E-state index in [-0.39, 0.29) is 11.9 Å². The lowest BCUT2D eigenvalue weighted by molar-refractivity contribution is -0.131. The Balaban J connectivity index is 1.60. The van der Waals surface area contributed by atoms with Crippen LogP contribution >= 0.6 is 11.3 Å². The number of nitrogens with zero attached hydrogens (tertiary/aromatic N) is 6. The summed E-state index contributed by atoms with van der Waals surface area (Å²) >= 11 is 1.62. The van der Waals surface area contributed by atoms with Crippen molar-refractivity contribution in [3.63, 3.8) is 0 Å². The summed E-state index contributed by atoms with van der Waals surface area (Å²) in [6.07, 6.45) is 0.354. The molecule has 136 valence electrons. The standard InChI is InChI=1S/C18H22N6OS/c1-12(2)18-20-15(11-26-18)8-17(25)23-6-7-24(13(3)10-23)16-5-4-14(9-19)21-22-16/h4-5,11-13H,6-8,10H2,1-3H3/t13-/m0/s1. The maximum absolute atomic E-state index is 12.6. The Morgan fingerprint density at radius 2 is 2.19 bits per heavy atom. The van der Waals surface area contributed by atoms with Crippen molar-refractivity contribution in [2.45, 2.75) is 39.2 Å². The second-order valence-corrected chi connectivity index (χ2v) is 7.67. The SMILES string of the molecule is CC(C)c1nc(CC(=O)N2CCN(c3ccc(C#N)nn3)[C@@H](C)C2)cs1. The Bertz CT molecular complexity index is 810. The van der Waals surface area contributed by atoms with E-state index < -0.39 is 0 Å². The fourth-order valence-corrected chi connectivity index (χ4v) is 3.83. The predicted molar refractivity (Wildman–Crippen MR) is 100 cm³/mol. The Hall–Kier alpha value is -2.53. The number of anilines is 1. The van der Waals surface area contributed by atoms with Crippen molar-refractivity contribution >= 4 is 23.1 Å². The Kier molecular flexibility index (Phi) is 5.47. The summed E-state index contributed by atoms with van der Waals surface area (Å²) in [6, 6.07) is 5.58. The van der Waals surface area contributed by atoms with Gasteiger partial charge in [-0.15, -0.1) is 21.5 Å². The van der Waals surface area contributed by atoms with Crippen LogP contribution in [0.2, 0.25) is 0 Å². The number of hydrogen-bond donors (Lipinski definition) is 0. The number of nitriles is 1. The van der Waals surface area contributed by atoms with Gasteiger partial charge in [0.1, 0.15) is 6.07 Å². The van der Waals surface area contributed by atoms with Crippen LogP contribution in [-0.2, 0) is 11.2 Å². The molecule has 8 heteroatoms. The average Bonchev–Trinajstić information content (AvgIpc) is 3.10. The average molecular weight is 370 g/mol. The van der Waals surface area contributed by atoms with Crippen molar-refractivity contribution in [3.8, 4) is 6.07 Å². The van der Waals surface area contributed by atoms with E-state index in [1.165, 1.54) is 0 Å². The predicted octanol–water partition coefficient (Wildman–Crippen LogP) is 2.21. The zero-order valence-electron chi connectivity index (χ0n) is 15.2. The number of hydrogen-bond acceptors (Lipinski definition) is 7. The molecule has 0 radical (unpaired) electrons. The summed E-state index contributed by atoms with van der Waals surface area (Å²) in [5.41, 5.74) is 1.16. The number of thiazole rings is 1. The maximum Gasteiger partial charge on any atom is 0.228 e. The van der Waals surface area contributed by atoms with Crippen LogP contribution in [-0.4, -0.2) is 51.7 Å². The molecule has 1 saturated heterocycles. The van der Waals surface area contributed by atoms with Crippen LogP contribution in [0, 0.1) is 11.3 Å². The fourth-order valence-electron chi connectivity index (χ4n) is 3.00. The van der Waals surface area contributed by atoms with Gasteiger partial charge in [-0.3, -0.25) is 4.79 Å². The van der Waals surface area contributed by atoms with Gasteiger partial charge in [0.15, 0.2) is 11.5 Å². The molecule has 0 spiro atoms. The minimum Gasteiger partial charge on any atom is -0.349 e. The first-order valence-electron chi connectivity index (χ1n) is 8.70. The topological polar surface area (TPSA) is 86.0 Å². The third-order valence-corrected chi connectivity index (χ3v) is 5.63. The summed E-state index contributed by atoms with van der Waals surface area (Å²) in [5, 5.41) is 19.9. The second kappa shape index (κ2) is 7.79. The second-order valence-electron chi connectivity index (χ2n) is 6.78. The van der Waals surface area contributed by atoms with Gasteiger partial charge in [0.05, 0.1) is 17.1 Å². The van der Waals surface area contributed by atoms with Crippen molar-refractivity contribution in [1.29, 1.82) is 5.26 Å². The highest BCUT2D eigenvalue weighted by Crippen LogP contribution is 2.21. The minimum atomic E-state index is 0.114. The largest absolute Gasteiger partial charge is 0.349 e. The number of carbonyl (C=O) groups is 1. The van der Waals surface area contributed by atoms with E-state index in [0.717, 1.165) is 16.5 Å². The minimum absolute atomic E-state index is 0.114. The molecule has 7 nitrogen and oxygen atoms in total. The van der Waals surface area contributed by atoms with Crippen molar-refractivity contribution in [2.24, 2.45) is 0 Å². The molecule has 2 aromatic heterocycles. The van der Waals surface area contributed by atoms with E-state index >= 15 is 0 Å². The monoisotopic (exact) mass is 370 g/mol. The van der Waals surface area contributed by atoms with Gasteiger partial charge in [-0.25, -0.2) is 4.98 Å². The van der Waals surface area contributed by atoms with Gasteiger partial charge in [0, 0.05) is 37.0 Å². The van der Waals surface area contributed by atoms with E-state index in [1.807, 2.05) is 22.4 Å². The number of rotatable bonds is 4. The van der Waals surface area contributed by atoms with E-state index in [4.69, 9.17) is 5.26 Å². The maximum atomic E-state index is 12.6. The summed E-state index contributed by atoms with van der Waals surface area (Å²) < 4.78 is 0. The molecule has 2 aromatic rings. The lowest BCUT2D eigenvalue weighted by Gasteiger charge is -2.40. The zero-order valence-corrected chi connectivity index (χ0v) is 16.0. The summed E-state index contributed by atoms with van der Waals surface area (Å²) in [4.78, 5) is 21.2. The first-order chi connectivity index (χ1) is 12.5. The molecule has 1 aliphatic rings. The zero-order chi connectivity index (χ0) is 18.7. The van der Waals surface area contributed by atoms with Gasteiger partial charge in [-0.2, -0.15) is 5.26 Å². The van der Waals surface area contributed by atoms with Crippen LogP contribution in [0.25, 0.3) is 0 Å². The lowest BCUT2D eigenvalue weighted by atomic mass is 10.1. The molecule has 0 aromatic carbocycles. The van der Waals surface area contributed by atoms with Gasteiger partial charge >= 0.3 is 0 Å². The third kappa shape index (κ3) is 3.99. The summed E-state index contributed by atoms with van der Waals surface area (Å²) in [7, 11) is 0. The molecule has 1 fully saturated rings. The highest BCUT2D eigenvalue weighted by Gasteiger charge is 2.28. The highest BCUT2D eigenvalue weighted by molar-refractivity contribution is 7.09. The molecule has 0 N–H and O–H groups in total. The lowest BCUT2D eigenvalue weighted by Crippen LogP contribution is -2.54. The van der Waals surface area contributed by atoms with Crippen LogP contribution in [0.1, 0.15) is 43.1 Å². The van der Waals surface area contributed by atoms with Gasteiger partial charge in [-0.05, 0) is 19.1 Å². The Morgan fingerprint density at radius 1 is 1.38 bits per heavy atom. The molecule has 1 aliphatic heterocycles. The first kappa shape index (κ1) is 18.3. The van der Waals surface area contributed by atoms with Gasteiger partial charge in [-0.1, -0.05) is 13.8 Å². The van der Waals surface area contributed by atoms with Crippen LogP contribution in [0.3, 0.4) is 0 Å². The molecule has 1 amide bonds. The molecule has 3 heterocycles. The molecular formula is C18H22N6OS. The number of carbonyl (C=O) groups excluding carboxylic acids is 1. The fraction of sp³-hybridized carbons (Fsp3) is 0.500. The smallest absolute Gasteiger partial charge is 0.228 e. The normalized spacial score (nSPS) is 17.4. The van der Waals surface area contributed by atoms with Crippen molar-refractivity contribution < 1.29 is 4.79 Å². The van der Waals surface area contributed by atoms with E-state index in [9.17, 15) is 4.79 Å². The Labute approximate surface area is 157 Å². The van der Waals surface area contributed by atoms with Gasteiger partial charge in [0.25, 0.3) is 0 Å². The molecule has 0 aliphatic carbocycles. The molecule has 0 unspecified atom stereocenters. The number of piperazine rings is 1. The molecule has 0 saturated carbocycles. The van der Waals surface area contributed by atoms with Crippen molar-refractivity contribution in [3.05, 3.63) is 33.9 Å². The summed E-state index contributed by atoms with van der Waals surface area (Å²) in [6.45, 7) is 8.27. The molecule has 1 atom stereocenters. The van der Waals surface area contributed by atoms with Crippen LogP contribution in [0.4, 0.5) is 5.82 Å². The Morgan fingerprint density at radius 3 is 2.77 bits per heavy atom. The van der Waals surface area contributed by atoms with E-state index in [1.54, 1.807) is 17.4 Å². The van der Waals surface area contributed by atoms with Gasteiger partial charge in [0.2, 0.25) is 5.91 Å². The summed E-state index contributed by atoms with van der Waals surface area (Å²) in [5.74, 6) is 1.24. The van der Waals surface area contributed by atoms with Crippen LogP contribution in [0.5, 0.6) is 0 Å². The van der Waals surface area contributed by atoms with E-state index in [2.05, 4.69) is 40.9 Å². The molecule has 3 rings (SSSR count). The van der Waals surface area contributed by atoms with Crippen LogP contribution < -0.4 is 4.90 Å². The van der Waals surface area contributed by atoms with E-state index in [0.29, 0.717) is 37.7 Å². The third-order valence-electron chi connectivity index (χ3n) is 4.44. The quantitative estimate of drug-likeness (QED) is 0.820. The first-order valence-corrected chi connectivity index (χ1v) is 9.58. The molecule has 0 bridgehead atoms. The van der Waals surface area contributed by atoms with Crippen molar-refractivity contribution in [1.82, 2.24) is 20.1 Å². The molecular weight excluding hydrogens is 348 g/mol. The van der Waals surface area contributed by atoms with Crippen LogP contribution in [0.15, 0.2) is 17.5 Å². The number of amides is 1. The molecule has 26 heavy (non-hydrogen) atoms. The van der Waals surface area contributed by atoms with Gasteiger partial charge < -0.3 is 9.80 Å². The van der Waals surface area contributed by atoms with Crippen molar-refractivity contribution in [2.75, 3.05) is 24.5 Å².